The van der Waals surface area contributed by atoms with Crippen LogP contribution in [0.5, 0.6) is 0 Å². The number of aromatic nitrogens is 1. The van der Waals surface area contributed by atoms with Crippen LogP contribution in [0, 0.1) is 0 Å². The number of nitrogens with zero attached hydrogens (tertiary/aromatic N) is 1. The Labute approximate surface area is 185 Å². The molecule has 0 radical (unpaired) electrons. The quantitative estimate of drug-likeness (QED) is 0.401. The van der Waals surface area contributed by atoms with Crippen molar-refractivity contribution in [1.82, 2.24) is 15.2 Å². The second-order valence-electron chi connectivity index (χ2n) is 7.87. The van der Waals surface area contributed by atoms with Gasteiger partial charge in [-0.05, 0) is 42.5 Å². The molecule has 4 aromatic rings. The van der Waals surface area contributed by atoms with E-state index in [2.05, 4.69) is 39.5 Å². The molecule has 31 heavy (non-hydrogen) atoms. The van der Waals surface area contributed by atoms with E-state index in [1.807, 2.05) is 35.7 Å². The third-order valence-electron chi connectivity index (χ3n) is 5.89. The first-order valence-electron chi connectivity index (χ1n) is 10.6. The van der Waals surface area contributed by atoms with Crippen molar-refractivity contribution in [2.24, 2.45) is 5.73 Å². The van der Waals surface area contributed by atoms with Crippen molar-refractivity contribution >= 4 is 39.0 Å². The lowest BCUT2D eigenvalue weighted by Gasteiger charge is -2.25. The Balaban J connectivity index is 1.43. The van der Waals surface area contributed by atoms with Crippen molar-refractivity contribution in [3.8, 4) is 0 Å². The molecule has 1 aliphatic rings. The standard InChI is InChI=1S/C24H26N4O2S/c25-24(26-15-18-4-3-13-31-18)27-23(29)16-7-8-20-19-5-1-2-6-21(19)28(22(20)14-16)17-9-11-30-12-10-17/h1-8,13-14,17,24,26H,9-12,15,25H2,(H,27,29). The van der Waals surface area contributed by atoms with Crippen LogP contribution in [0.4, 0.5) is 0 Å². The fraction of sp³-hybridized carbons (Fsp3) is 0.292. The first-order valence-corrected chi connectivity index (χ1v) is 11.5. The molecule has 1 saturated heterocycles. The number of carbonyl (C=O) groups excluding carboxylic acids is 1. The Bertz CT molecular complexity index is 1200. The number of benzene rings is 2. The van der Waals surface area contributed by atoms with E-state index >= 15 is 0 Å². The van der Waals surface area contributed by atoms with Gasteiger partial charge >= 0.3 is 0 Å². The van der Waals surface area contributed by atoms with Gasteiger partial charge in [0.15, 0.2) is 0 Å². The number of hydrogen-bond donors (Lipinski definition) is 3. The van der Waals surface area contributed by atoms with Crippen molar-refractivity contribution < 1.29 is 9.53 Å². The highest BCUT2D eigenvalue weighted by molar-refractivity contribution is 7.09. The summed E-state index contributed by atoms with van der Waals surface area (Å²) in [5.41, 5.74) is 8.99. The molecule has 1 amide bonds. The van der Waals surface area contributed by atoms with Gasteiger partial charge < -0.3 is 14.6 Å². The van der Waals surface area contributed by atoms with Crippen LogP contribution in [0.3, 0.4) is 0 Å². The highest BCUT2D eigenvalue weighted by Gasteiger charge is 2.22. The van der Waals surface area contributed by atoms with Gasteiger partial charge in [0, 0.05) is 52.5 Å². The van der Waals surface area contributed by atoms with Crippen molar-refractivity contribution in [2.75, 3.05) is 13.2 Å². The number of rotatable bonds is 6. The molecule has 1 unspecified atom stereocenters. The Kier molecular flexibility index (Phi) is 5.74. The maximum absolute atomic E-state index is 12.9. The maximum Gasteiger partial charge on any atom is 0.253 e. The fourth-order valence-electron chi connectivity index (χ4n) is 4.38. The van der Waals surface area contributed by atoms with Crippen molar-refractivity contribution in [2.45, 2.75) is 31.7 Å². The Morgan fingerprint density at radius 2 is 1.90 bits per heavy atom. The molecule has 1 aliphatic heterocycles. The summed E-state index contributed by atoms with van der Waals surface area (Å²) >= 11 is 1.66. The average Bonchev–Trinajstić information content (AvgIpc) is 3.44. The summed E-state index contributed by atoms with van der Waals surface area (Å²) in [6, 6.07) is 18.8. The van der Waals surface area contributed by atoms with Crippen molar-refractivity contribution in [1.29, 1.82) is 0 Å². The summed E-state index contributed by atoms with van der Waals surface area (Å²) < 4.78 is 7.97. The molecule has 0 bridgehead atoms. The Morgan fingerprint density at radius 1 is 1.10 bits per heavy atom. The fourth-order valence-corrected chi connectivity index (χ4v) is 5.03. The van der Waals surface area contributed by atoms with Crippen LogP contribution in [0.2, 0.25) is 0 Å². The van der Waals surface area contributed by atoms with Crippen molar-refractivity contribution in [3.05, 3.63) is 70.4 Å². The van der Waals surface area contributed by atoms with Crippen LogP contribution in [-0.2, 0) is 11.3 Å². The molecular formula is C24H26N4O2S. The molecule has 6 nitrogen and oxygen atoms in total. The summed E-state index contributed by atoms with van der Waals surface area (Å²) in [5, 5.41) is 10.4. The number of amides is 1. The molecule has 1 atom stereocenters. The minimum absolute atomic E-state index is 0.183. The lowest BCUT2D eigenvalue weighted by Crippen LogP contribution is -2.51. The topological polar surface area (TPSA) is 81.3 Å². The summed E-state index contributed by atoms with van der Waals surface area (Å²) in [6.45, 7) is 2.16. The average molecular weight is 435 g/mol. The predicted octanol–water partition coefficient (Wildman–Crippen LogP) is 3.97. The Morgan fingerprint density at radius 3 is 2.71 bits per heavy atom. The predicted molar refractivity (Wildman–Crippen MR) is 125 cm³/mol. The zero-order valence-electron chi connectivity index (χ0n) is 17.2. The van der Waals surface area contributed by atoms with Gasteiger partial charge in [-0.1, -0.05) is 30.3 Å². The van der Waals surface area contributed by atoms with E-state index in [0.717, 1.165) is 31.6 Å². The number of carbonyl (C=O) groups is 1. The van der Waals surface area contributed by atoms with Crippen LogP contribution in [0.1, 0.15) is 34.1 Å². The molecular weight excluding hydrogens is 408 g/mol. The number of nitrogens with one attached hydrogen (secondary N) is 2. The number of hydrogen-bond acceptors (Lipinski definition) is 5. The summed E-state index contributed by atoms with van der Waals surface area (Å²) in [6.07, 6.45) is 1.33. The molecule has 160 valence electrons. The largest absolute Gasteiger partial charge is 0.381 e. The van der Waals surface area contributed by atoms with Crippen LogP contribution in [-0.4, -0.2) is 30.0 Å². The smallest absolute Gasteiger partial charge is 0.253 e. The van der Waals surface area contributed by atoms with Crippen molar-refractivity contribution in [3.63, 3.8) is 0 Å². The van der Waals surface area contributed by atoms with Gasteiger partial charge in [0.1, 0.15) is 6.29 Å². The first kappa shape index (κ1) is 20.2. The summed E-state index contributed by atoms with van der Waals surface area (Å²) in [5.74, 6) is -0.183. The van der Waals surface area contributed by atoms with Gasteiger partial charge in [-0.2, -0.15) is 0 Å². The number of thiophene rings is 1. The molecule has 5 rings (SSSR count). The molecule has 0 aliphatic carbocycles. The van der Waals surface area contributed by atoms with E-state index in [0.29, 0.717) is 18.2 Å². The molecule has 2 aromatic heterocycles. The summed E-state index contributed by atoms with van der Waals surface area (Å²) in [4.78, 5) is 14.1. The van der Waals surface area contributed by atoms with Gasteiger partial charge in [0.25, 0.3) is 5.91 Å². The highest BCUT2D eigenvalue weighted by atomic mass is 32.1. The molecule has 4 N–H and O–H groups in total. The SMILES string of the molecule is NC(NCc1cccs1)NC(=O)c1ccc2c3ccccc3n(C3CCOCC3)c2c1. The van der Waals surface area contributed by atoms with Crippen LogP contribution >= 0.6 is 11.3 Å². The molecule has 2 aromatic carbocycles. The number of ether oxygens (including phenoxy) is 1. The van der Waals surface area contributed by atoms with E-state index in [-0.39, 0.29) is 5.91 Å². The van der Waals surface area contributed by atoms with E-state index in [1.165, 1.54) is 21.2 Å². The second-order valence-corrected chi connectivity index (χ2v) is 8.91. The normalized spacial score (nSPS) is 16.0. The molecule has 1 fully saturated rings. The lowest BCUT2D eigenvalue weighted by molar-refractivity contribution is 0.0717. The van der Waals surface area contributed by atoms with E-state index in [1.54, 1.807) is 11.3 Å². The van der Waals surface area contributed by atoms with Gasteiger partial charge in [0.2, 0.25) is 0 Å². The summed E-state index contributed by atoms with van der Waals surface area (Å²) in [7, 11) is 0. The number of nitrogens with two attached hydrogens (primary N) is 1. The van der Waals surface area contributed by atoms with E-state index in [4.69, 9.17) is 10.5 Å². The molecule has 0 saturated carbocycles. The first-order chi connectivity index (χ1) is 15.2. The van der Waals surface area contributed by atoms with E-state index in [9.17, 15) is 4.79 Å². The van der Waals surface area contributed by atoms with Crippen LogP contribution < -0.4 is 16.4 Å². The minimum atomic E-state index is -0.619. The maximum atomic E-state index is 12.9. The van der Waals surface area contributed by atoms with Crippen LogP contribution in [0.15, 0.2) is 60.0 Å². The highest BCUT2D eigenvalue weighted by Crippen LogP contribution is 2.35. The van der Waals surface area contributed by atoms with Crippen LogP contribution in [0.25, 0.3) is 21.8 Å². The third-order valence-corrected chi connectivity index (χ3v) is 6.77. The number of para-hydroxylation sites is 1. The van der Waals surface area contributed by atoms with Gasteiger partial charge in [-0.15, -0.1) is 11.3 Å². The third kappa shape index (κ3) is 4.09. The minimum Gasteiger partial charge on any atom is -0.381 e. The van der Waals surface area contributed by atoms with E-state index < -0.39 is 6.29 Å². The Hall–Kier alpha value is -2.71. The lowest BCUT2D eigenvalue weighted by atomic mass is 10.1. The zero-order valence-corrected chi connectivity index (χ0v) is 18.0. The van der Waals surface area contributed by atoms with Gasteiger partial charge in [0.05, 0.1) is 5.52 Å². The zero-order chi connectivity index (χ0) is 21.2. The number of fused-ring (bicyclic) bond motifs is 3. The van der Waals surface area contributed by atoms with Gasteiger partial charge in [-0.25, -0.2) is 0 Å². The molecule has 7 heteroatoms. The van der Waals surface area contributed by atoms with Gasteiger partial charge in [-0.3, -0.25) is 15.8 Å². The second kappa shape index (κ2) is 8.80. The molecule has 0 spiro atoms. The molecule has 3 heterocycles. The monoisotopic (exact) mass is 434 g/mol.